The van der Waals surface area contributed by atoms with E-state index in [1.54, 1.807) is 0 Å². The van der Waals surface area contributed by atoms with Crippen molar-refractivity contribution in [3.63, 3.8) is 0 Å². The van der Waals surface area contributed by atoms with E-state index in [1.165, 1.54) is 57.9 Å². The van der Waals surface area contributed by atoms with Gasteiger partial charge in [0.2, 0.25) is 0 Å². The van der Waals surface area contributed by atoms with Crippen LogP contribution in [0.3, 0.4) is 0 Å². The maximum absolute atomic E-state index is 9.78. The molecule has 3 nitrogen and oxygen atoms in total. The van der Waals surface area contributed by atoms with Crippen molar-refractivity contribution in [1.82, 2.24) is 10.2 Å². The minimum atomic E-state index is -0.205. The Morgan fingerprint density at radius 1 is 1.10 bits per heavy atom. The molecule has 1 heterocycles. The third-order valence-corrected chi connectivity index (χ3v) is 6.17. The molecule has 2 aliphatic carbocycles. The van der Waals surface area contributed by atoms with Crippen LogP contribution in [0.5, 0.6) is 0 Å². The van der Waals surface area contributed by atoms with Crippen molar-refractivity contribution in [2.45, 2.75) is 95.3 Å². The predicted octanol–water partition coefficient (Wildman–Crippen LogP) is 3.45. The standard InChI is InChI=1S/C18H31N3/c1-14-5-3-6-15(2)21(14)12-10-16-7-4-11-18(16,13-19)20-17-8-9-17/h14-17,20H,3-12H2,1-2H3. The normalized spacial score (nSPS) is 41.1. The lowest BCUT2D eigenvalue weighted by molar-refractivity contribution is 0.0914. The Hall–Kier alpha value is -0.590. The molecule has 4 unspecified atom stereocenters. The van der Waals surface area contributed by atoms with Gasteiger partial charge in [0.15, 0.2) is 0 Å². The molecule has 0 aromatic carbocycles. The highest BCUT2D eigenvalue weighted by atomic mass is 15.2. The van der Waals surface area contributed by atoms with E-state index in [-0.39, 0.29) is 5.54 Å². The molecule has 1 saturated heterocycles. The summed E-state index contributed by atoms with van der Waals surface area (Å²) in [6, 6.07) is 4.77. The molecular weight excluding hydrogens is 258 g/mol. The zero-order chi connectivity index (χ0) is 14.9. The molecule has 1 aliphatic heterocycles. The summed E-state index contributed by atoms with van der Waals surface area (Å²) in [4.78, 5) is 2.70. The van der Waals surface area contributed by atoms with Gasteiger partial charge in [-0.3, -0.25) is 10.2 Å². The van der Waals surface area contributed by atoms with Crippen molar-refractivity contribution < 1.29 is 0 Å². The molecule has 1 N–H and O–H groups in total. The quantitative estimate of drug-likeness (QED) is 0.842. The summed E-state index contributed by atoms with van der Waals surface area (Å²) in [5, 5.41) is 13.5. The zero-order valence-corrected chi connectivity index (χ0v) is 13.8. The first-order chi connectivity index (χ1) is 10.1. The van der Waals surface area contributed by atoms with E-state index < -0.39 is 0 Å². The van der Waals surface area contributed by atoms with Gasteiger partial charge in [-0.25, -0.2) is 0 Å². The summed E-state index contributed by atoms with van der Waals surface area (Å²) in [7, 11) is 0. The topological polar surface area (TPSA) is 39.1 Å². The second-order valence-electron chi connectivity index (χ2n) is 7.75. The van der Waals surface area contributed by atoms with Crippen molar-refractivity contribution in [2.75, 3.05) is 6.54 Å². The Balaban J connectivity index is 1.59. The second-order valence-corrected chi connectivity index (χ2v) is 7.75. The lowest BCUT2D eigenvalue weighted by Crippen LogP contribution is -2.50. The molecule has 3 aliphatic rings. The largest absolute Gasteiger partial charge is 0.298 e. The van der Waals surface area contributed by atoms with Gasteiger partial charge >= 0.3 is 0 Å². The molecular formula is C18H31N3. The Bertz CT molecular complexity index is 388. The van der Waals surface area contributed by atoms with Crippen molar-refractivity contribution in [3.8, 4) is 6.07 Å². The van der Waals surface area contributed by atoms with E-state index in [4.69, 9.17) is 0 Å². The second kappa shape index (κ2) is 6.26. The van der Waals surface area contributed by atoms with Gasteiger partial charge in [0.05, 0.1) is 6.07 Å². The predicted molar refractivity (Wildman–Crippen MR) is 85.9 cm³/mol. The Morgan fingerprint density at radius 3 is 2.43 bits per heavy atom. The fraction of sp³-hybridized carbons (Fsp3) is 0.944. The number of hydrogen-bond donors (Lipinski definition) is 1. The third kappa shape index (κ3) is 3.27. The van der Waals surface area contributed by atoms with Crippen LogP contribution in [0.1, 0.15) is 71.6 Å². The number of nitriles is 1. The van der Waals surface area contributed by atoms with Crippen LogP contribution >= 0.6 is 0 Å². The lowest BCUT2D eigenvalue weighted by Gasteiger charge is -2.40. The number of piperidine rings is 1. The van der Waals surface area contributed by atoms with Crippen LogP contribution in [0, 0.1) is 17.2 Å². The number of hydrogen-bond acceptors (Lipinski definition) is 3. The van der Waals surface area contributed by atoms with Crippen LogP contribution in [0.2, 0.25) is 0 Å². The molecule has 0 amide bonds. The van der Waals surface area contributed by atoms with Gasteiger partial charge in [-0.2, -0.15) is 5.26 Å². The van der Waals surface area contributed by atoms with Crippen LogP contribution in [0.15, 0.2) is 0 Å². The SMILES string of the molecule is CC1CCCC(C)N1CCC1CCCC1(C#N)NC1CC1. The van der Waals surface area contributed by atoms with Crippen molar-refractivity contribution >= 4 is 0 Å². The van der Waals surface area contributed by atoms with Crippen LogP contribution in [-0.2, 0) is 0 Å². The molecule has 118 valence electrons. The maximum Gasteiger partial charge on any atom is 0.109 e. The van der Waals surface area contributed by atoms with Crippen LogP contribution in [-0.4, -0.2) is 35.1 Å². The minimum Gasteiger partial charge on any atom is -0.298 e. The van der Waals surface area contributed by atoms with E-state index >= 15 is 0 Å². The lowest BCUT2D eigenvalue weighted by atomic mass is 9.85. The summed E-state index contributed by atoms with van der Waals surface area (Å²) in [6.07, 6.45) is 11.3. The highest BCUT2D eigenvalue weighted by Gasteiger charge is 2.46. The summed E-state index contributed by atoms with van der Waals surface area (Å²) in [6.45, 7) is 5.94. The van der Waals surface area contributed by atoms with E-state index in [1.807, 2.05) is 0 Å². The number of nitrogens with zero attached hydrogens (tertiary/aromatic N) is 2. The van der Waals surface area contributed by atoms with Gasteiger partial charge in [0, 0.05) is 18.1 Å². The van der Waals surface area contributed by atoms with Crippen molar-refractivity contribution in [3.05, 3.63) is 0 Å². The molecule has 3 fully saturated rings. The molecule has 3 heteroatoms. The molecule has 3 rings (SSSR count). The highest BCUT2D eigenvalue weighted by Crippen LogP contribution is 2.40. The molecule has 2 saturated carbocycles. The minimum absolute atomic E-state index is 0.205. The van der Waals surface area contributed by atoms with E-state index in [0.717, 1.165) is 18.5 Å². The molecule has 0 radical (unpaired) electrons. The smallest absolute Gasteiger partial charge is 0.109 e. The fourth-order valence-corrected chi connectivity index (χ4v) is 4.65. The van der Waals surface area contributed by atoms with Gasteiger partial charge in [-0.05, 0) is 71.3 Å². The Morgan fingerprint density at radius 2 is 1.81 bits per heavy atom. The molecule has 0 aromatic heterocycles. The summed E-state index contributed by atoms with van der Waals surface area (Å²) >= 11 is 0. The van der Waals surface area contributed by atoms with Gasteiger partial charge in [-0.1, -0.05) is 12.8 Å². The molecule has 0 aromatic rings. The van der Waals surface area contributed by atoms with Gasteiger partial charge in [0.25, 0.3) is 0 Å². The monoisotopic (exact) mass is 289 g/mol. The first-order valence-corrected chi connectivity index (χ1v) is 9.09. The van der Waals surface area contributed by atoms with Crippen LogP contribution in [0.4, 0.5) is 0 Å². The Kier molecular flexibility index (Phi) is 4.57. The number of rotatable bonds is 5. The zero-order valence-electron chi connectivity index (χ0n) is 13.8. The first-order valence-electron chi connectivity index (χ1n) is 9.09. The highest BCUT2D eigenvalue weighted by molar-refractivity contribution is 5.16. The van der Waals surface area contributed by atoms with E-state index in [2.05, 4.69) is 30.1 Å². The third-order valence-electron chi connectivity index (χ3n) is 6.17. The van der Waals surface area contributed by atoms with Gasteiger partial charge in [0.1, 0.15) is 5.54 Å². The summed E-state index contributed by atoms with van der Waals surface area (Å²) in [5.41, 5.74) is -0.205. The number of likely N-dealkylation sites (tertiary alicyclic amines) is 1. The van der Waals surface area contributed by atoms with Crippen LogP contribution in [0.25, 0.3) is 0 Å². The van der Waals surface area contributed by atoms with Crippen LogP contribution < -0.4 is 5.32 Å². The summed E-state index contributed by atoms with van der Waals surface area (Å²) < 4.78 is 0. The summed E-state index contributed by atoms with van der Waals surface area (Å²) in [5.74, 6) is 0.560. The molecule has 21 heavy (non-hydrogen) atoms. The van der Waals surface area contributed by atoms with E-state index in [9.17, 15) is 5.26 Å². The van der Waals surface area contributed by atoms with Crippen molar-refractivity contribution in [1.29, 1.82) is 5.26 Å². The average molecular weight is 289 g/mol. The Labute approximate surface area is 130 Å². The first kappa shape index (κ1) is 15.3. The maximum atomic E-state index is 9.78. The number of nitrogens with one attached hydrogen (secondary N) is 1. The molecule has 4 atom stereocenters. The average Bonchev–Trinajstić information content (AvgIpc) is 3.18. The fourth-order valence-electron chi connectivity index (χ4n) is 4.65. The van der Waals surface area contributed by atoms with E-state index in [0.29, 0.717) is 12.0 Å². The van der Waals surface area contributed by atoms with Crippen molar-refractivity contribution in [2.24, 2.45) is 5.92 Å². The van der Waals surface area contributed by atoms with Gasteiger partial charge < -0.3 is 0 Å². The van der Waals surface area contributed by atoms with Gasteiger partial charge in [-0.15, -0.1) is 0 Å². The molecule has 0 spiro atoms. The molecule has 0 bridgehead atoms.